The Morgan fingerprint density at radius 1 is 1.12 bits per heavy atom. The zero-order valence-corrected chi connectivity index (χ0v) is 15.4. The normalized spacial score (nSPS) is 11.6. The van der Waals surface area contributed by atoms with Crippen LogP contribution in [0.25, 0.3) is 10.6 Å². The zero-order chi connectivity index (χ0) is 17.7. The molecule has 0 spiro atoms. The number of hydrogen-bond donors (Lipinski definition) is 1. The molecule has 3 rings (SSSR count). The minimum atomic E-state index is -3.38. The monoisotopic (exact) mass is 377 g/mol. The van der Waals surface area contributed by atoms with Gasteiger partial charge >= 0.3 is 0 Å². The van der Waals surface area contributed by atoms with Gasteiger partial charge in [0.25, 0.3) is 0 Å². The number of hydrogen-bond acceptors (Lipinski definition) is 5. The van der Waals surface area contributed by atoms with Gasteiger partial charge in [-0.2, -0.15) is 0 Å². The second kappa shape index (κ2) is 7.86. The van der Waals surface area contributed by atoms with Crippen LogP contribution < -0.4 is 9.46 Å². The Morgan fingerprint density at radius 3 is 2.60 bits per heavy atom. The molecule has 1 aromatic carbocycles. The molecule has 0 saturated carbocycles. The molecular formula is C18H19NO4S2. The van der Waals surface area contributed by atoms with Gasteiger partial charge in [-0.1, -0.05) is 18.2 Å². The number of sulfonamides is 1. The molecule has 0 radical (unpaired) electrons. The molecule has 0 saturated heterocycles. The Hall–Kier alpha value is -2.09. The van der Waals surface area contributed by atoms with Gasteiger partial charge in [-0.25, -0.2) is 13.1 Å². The van der Waals surface area contributed by atoms with Crippen molar-refractivity contribution in [1.29, 1.82) is 0 Å². The van der Waals surface area contributed by atoms with Gasteiger partial charge in [0.15, 0.2) is 0 Å². The van der Waals surface area contributed by atoms with Crippen molar-refractivity contribution in [2.24, 2.45) is 0 Å². The third-order valence-electron chi connectivity index (χ3n) is 3.71. The molecule has 25 heavy (non-hydrogen) atoms. The van der Waals surface area contributed by atoms with Gasteiger partial charge in [-0.15, -0.1) is 11.3 Å². The Kier molecular flexibility index (Phi) is 5.57. The number of rotatable bonds is 8. The quantitative estimate of drug-likeness (QED) is 0.650. The highest BCUT2D eigenvalue weighted by Crippen LogP contribution is 2.26. The molecule has 7 heteroatoms. The summed E-state index contributed by atoms with van der Waals surface area (Å²) in [4.78, 5) is 1.02. The molecule has 2 aromatic heterocycles. The number of nitrogens with one attached hydrogen (secondary N) is 1. The third-order valence-corrected chi connectivity index (χ3v) is 5.92. The smallest absolute Gasteiger partial charge is 0.212 e. The summed E-state index contributed by atoms with van der Waals surface area (Å²) in [6, 6.07) is 14.9. The predicted octanol–water partition coefficient (Wildman–Crippen LogP) is 3.68. The maximum atomic E-state index is 12.2. The lowest BCUT2D eigenvalue weighted by Gasteiger charge is -2.06. The molecule has 0 aliphatic carbocycles. The van der Waals surface area contributed by atoms with Gasteiger partial charge < -0.3 is 9.15 Å². The molecule has 0 bridgehead atoms. The van der Waals surface area contributed by atoms with Crippen LogP contribution in [0.3, 0.4) is 0 Å². The fourth-order valence-electron chi connectivity index (χ4n) is 2.32. The first kappa shape index (κ1) is 17.7. The summed E-state index contributed by atoms with van der Waals surface area (Å²) >= 11 is 1.58. The average molecular weight is 377 g/mol. The molecule has 132 valence electrons. The van der Waals surface area contributed by atoms with Crippen LogP contribution in [0, 0.1) is 0 Å². The fourth-order valence-corrected chi connectivity index (χ4v) is 4.02. The molecule has 2 heterocycles. The number of benzene rings is 1. The SMILES string of the molecule is COc1ccc(CCS(=O)(=O)NCc2ccc(-c3cccs3)o2)cc1. The summed E-state index contributed by atoms with van der Waals surface area (Å²) in [5.41, 5.74) is 0.948. The van der Waals surface area contributed by atoms with Gasteiger partial charge in [0.2, 0.25) is 10.0 Å². The van der Waals surface area contributed by atoms with Crippen molar-refractivity contribution in [1.82, 2.24) is 4.72 Å². The minimum absolute atomic E-state index is 0.0256. The molecule has 0 atom stereocenters. The molecule has 5 nitrogen and oxygen atoms in total. The molecule has 0 amide bonds. The zero-order valence-electron chi connectivity index (χ0n) is 13.8. The van der Waals surface area contributed by atoms with Crippen molar-refractivity contribution >= 4 is 21.4 Å². The number of methoxy groups -OCH3 is 1. The van der Waals surface area contributed by atoms with Gasteiger partial charge in [0.1, 0.15) is 17.3 Å². The van der Waals surface area contributed by atoms with Crippen molar-refractivity contribution in [3.05, 3.63) is 65.2 Å². The first-order chi connectivity index (χ1) is 12.1. The first-order valence-electron chi connectivity index (χ1n) is 7.78. The number of furan rings is 1. The van der Waals surface area contributed by atoms with Crippen molar-refractivity contribution in [2.45, 2.75) is 13.0 Å². The highest BCUT2D eigenvalue weighted by atomic mass is 32.2. The average Bonchev–Trinajstić information content (AvgIpc) is 3.30. The highest BCUT2D eigenvalue weighted by Gasteiger charge is 2.12. The minimum Gasteiger partial charge on any atom is -0.497 e. The van der Waals surface area contributed by atoms with Crippen LogP contribution in [0.1, 0.15) is 11.3 Å². The third kappa shape index (κ3) is 4.94. The summed E-state index contributed by atoms with van der Waals surface area (Å²) < 4.78 is 37.7. The van der Waals surface area contributed by atoms with Crippen LogP contribution in [0.5, 0.6) is 5.75 Å². The van der Waals surface area contributed by atoms with Crippen LogP contribution in [0.2, 0.25) is 0 Å². The van der Waals surface area contributed by atoms with E-state index in [1.165, 1.54) is 0 Å². The topological polar surface area (TPSA) is 68.5 Å². The highest BCUT2D eigenvalue weighted by molar-refractivity contribution is 7.89. The lowest BCUT2D eigenvalue weighted by atomic mass is 10.2. The van der Waals surface area contributed by atoms with E-state index in [0.29, 0.717) is 12.2 Å². The van der Waals surface area contributed by atoms with E-state index in [-0.39, 0.29) is 12.3 Å². The van der Waals surface area contributed by atoms with Crippen LogP contribution in [0.15, 0.2) is 58.3 Å². The Morgan fingerprint density at radius 2 is 1.92 bits per heavy atom. The van der Waals surface area contributed by atoms with Crippen molar-refractivity contribution in [3.63, 3.8) is 0 Å². The second-order valence-corrected chi connectivity index (χ2v) is 8.36. The van der Waals surface area contributed by atoms with E-state index in [0.717, 1.165) is 22.0 Å². The number of ether oxygens (including phenoxy) is 1. The maximum absolute atomic E-state index is 12.2. The first-order valence-corrected chi connectivity index (χ1v) is 10.3. The van der Waals surface area contributed by atoms with Crippen molar-refractivity contribution in [3.8, 4) is 16.4 Å². The molecule has 0 aliphatic rings. The van der Waals surface area contributed by atoms with E-state index < -0.39 is 10.0 Å². The van der Waals surface area contributed by atoms with Gasteiger partial charge in [0, 0.05) is 0 Å². The molecule has 1 N–H and O–H groups in total. The van der Waals surface area contributed by atoms with Crippen LogP contribution in [-0.2, 0) is 23.0 Å². The van der Waals surface area contributed by atoms with E-state index >= 15 is 0 Å². The van der Waals surface area contributed by atoms with E-state index in [2.05, 4.69) is 4.72 Å². The van der Waals surface area contributed by atoms with Crippen LogP contribution in [-0.4, -0.2) is 21.3 Å². The lowest BCUT2D eigenvalue weighted by Crippen LogP contribution is -2.26. The standard InChI is InChI=1S/C18H19NO4S2/c1-22-15-6-4-14(5-7-15)10-12-25(20,21)19-13-16-8-9-17(23-16)18-3-2-11-24-18/h2-9,11,19H,10,12-13H2,1H3. The van der Waals surface area contributed by atoms with Crippen molar-refractivity contribution in [2.75, 3.05) is 12.9 Å². The molecular weight excluding hydrogens is 358 g/mol. The largest absolute Gasteiger partial charge is 0.497 e. The molecule has 0 aliphatic heterocycles. The summed E-state index contributed by atoms with van der Waals surface area (Å²) in [6.07, 6.45) is 0.442. The predicted molar refractivity (Wildman–Crippen MR) is 99.3 cm³/mol. The van der Waals surface area contributed by atoms with Gasteiger partial charge in [-0.3, -0.25) is 0 Å². The summed E-state index contributed by atoms with van der Waals surface area (Å²) in [5.74, 6) is 2.13. The Bertz CT molecular complexity index is 897. The van der Waals surface area contributed by atoms with E-state index in [9.17, 15) is 8.42 Å². The summed E-state index contributed by atoms with van der Waals surface area (Å²) in [5, 5.41) is 1.97. The fraction of sp³-hybridized carbons (Fsp3) is 0.222. The summed E-state index contributed by atoms with van der Waals surface area (Å²) in [6.45, 7) is 0.149. The molecule has 3 aromatic rings. The van der Waals surface area contributed by atoms with E-state index in [1.54, 1.807) is 24.5 Å². The van der Waals surface area contributed by atoms with E-state index in [1.807, 2.05) is 47.8 Å². The Balaban J connectivity index is 1.53. The maximum Gasteiger partial charge on any atom is 0.212 e. The number of aryl methyl sites for hydroxylation is 1. The van der Waals surface area contributed by atoms with Gasteiger partial charge in [-0.05, 0) is 47.7 Å². The lowest BCUT2D eigenvalue weighted by molar-refractivity contribution is 0.414. The van der Waals surface area contributed by atoms with E-state index in [4.69, 9.17) is 9.15 Å². The molecule has 0 unspecified atom stereocenters. The second-order valence-electron chi connectivity index (χ2n) is 5.48. The van der Waals surface area contributed by atoms with Gasteiger partial charge in [0.05, 0.1) is 24.3 Å². The molecule has 0 fully saturated rings. The van der Waals surface area contributed by atoms with Crippen LogP contribution >= 0.6 is 11.3 Å². The van der Waals surface area contributed by atoms with Crippen LogP contribution in [0.4, 0.5) is 0 Å². The number of thiophene rings is 1. The summed E-state index contributed by atoms with van der Waals surface area (Å²) in [7, 11) is -1.78. The Labute approximate surface area is 151 Å². The van der Waals surface area contributed by atoms with Crippen molar-refractivity contribution < 1.29 is 17.6 Å².